The molecule has 0 aliphatic carbocycles. The van der Waals surface area contributed by atoms with Crippen molar-refractivity contribution in [2.75, 3.05) is 6.54 Å². The lowest BCUT2D eigenvalue weighted by atomic mass is 10.2. The summed E-state index contributed by atoms with van der Waals surface area (Å²) in [6.07, 6.45) is 3.89. The third kappa shape index (κ3) is 2.22. The molecule has 1 aromatic rings. The van der Waals surface area contributed by atoms with Crippen LogP contribution >= 0.6 is 0 Å². The Morgan fingerprint density at radius 2 is 2.06 bits per heavy atom. The van der Waals surface area contributed by atoms with Gasteiger partial charge in [0.15, 0.2) is 0 Å². The van der Waals surface area contributed by atoms with E-state index in [1.54, 1.807) is 24.3 Å². The van der Waals surface area contributed by atoms with Crippen LogP contribution in [0.4, 0.5) is 4.79 Å². The number of aromatic nitrogens is 1. The van der Waals surface area contributed by atoms with E-state index in [0.717, 1.165) is 4.90 Å². The molecule has 0 saturated heterocycles. The number of carboxylic acids is 1. The molecule has 0 bridgehead atoms. The van der Waals surface area contributed by atoms with Gasteiger partial charge in [-0.15, -0.1) is 0 Å². The Morgan fingerprint density at radius 3 is 2.72 bits per heavy atom. The zero-order valence-electron chi connectivity index (χ0n) is 9.28. The highest BCUT2D eigenvalue weighted by Gasteiger charge is 2.20. The van der Waals surface area contributed by atoms with Crippen LogP contribution in [0.3, 0.4) is 0 Å². The van der Waals surface area contributed by atoms with Crippen LogP contribution in [0.1, 0.15) is 16.2 Å². The van der Waals surface area contributed by atoms with Crippen molar-refractivity contribution in [1.82, 2.24) is 9.88 Å². The van der Waals surface area contributed by atoms with Crippen LogP contribution in [-0.2, 0) is 0 Å². The standard InChI is InChI=1S/C12H10N2O4/c15-11(16)9-5-3-4-8(13-9)10-6-1-2-7-14(10)12(17)18/h1-6H,7H2,(H,15,16)(H,17,18). The summed E-state index contributed by atoms with van der Waals surface area (Å²) in [6.45, 7) is 0.222. The average Bonchev–Trinajstić information content (AvgIpc) is 2.39. The van der Waals surface area contributed by atoms with E-state index >= 15 is 0 Å². The van der Waals surface area contributed by atoms with E-state index in [0.29, 0.717) is 11.4 Å². The summed E-state index contributed by atoms with van der Waals surface area (Å²) in [5.74, 6) is -1.15. The second kappa shape index (κ2) is 4.70. The molecule has 6 heteroatoms. The van der Waals surface area contributed by atoms with Crippen molar-refractivity contribution in [3.05, 3.63) is 47.8 Å². The first kappa shape index (κ1) is 11.8. The van der Waals surface area contributed by atoms with Crippen LogP contribution in [0.2, 0.25) is 0 Å². The summed E-state index contributed by atoms with van der Waals surface area (Å²) in [6, 6.07) is 4.47. The fourth-order valence-electron chi connectivity index (χ4n) is 1.62. The molecule has 1 aliphatic heterocycles. The summed E-state index contributed by atoms with van der Waals surface area (Å²) in [5, 5.41) is 17.9. The molecule has 6 nitrogen and oxygen atoms in total. The number of aromatic carboxylic acids is 1. The van der Waals surface area contributed by atoms with Crippen LogP contribution in [0.15, 0.2) is 36.4 Å². The van der Waals surface area contributed by atoms with Gasteiger partial charge in [0, 0.05) is 6.54 Å². The van der Waals surface area contributed by atoms with Crippen molar-refractivity contribution in [2.45, 2.75) is 0 Å². The number of amides is 1. The minimum atomic E-state index is -1.15. The van der Waals surface area contributed by atoms with Gasteiger partial charge in [-0.05, 0) is 18.2 Å². The first-order chi connectivity index (χ1) is 8.59. The molecule has 0 atom stereocenters. The molecule has 1 aliphatic rings. The highest BCUT2D eigenvalue weighted by molar-refractivity contribution is 5.87. The molecule has 0 saturated carbocycles. The number of nitrogens with zero attached hydrogens (tertiary/aromatic N) is 2. The van der Waals surface area contributed by atoms with Gasteiger partial charge >= 0.3 is 12.1 Å². The number of carboxylic acid groups (broad SMARTS) is 2. The van der Waals surface area contributed by atoms with E-state index in [9.17, 15) is 9.59 Å². The maximum Gasteiger partial charge on any atom is 0.412 e. The van der Waals surface area contributed by atoms with Gasteiger partial charge in [-0.1, -0.05) is 18.2 Å². The van der Waals surface area contributed by atoms with E-state index in [-0.39, 0.29) is 12.2 Å². The highest BCUT2D eigenvalue weighted by atomic mass is 16.4. The topological polar surface area (TPSA) is 90.7 Å². The van der Waals surface area contributed by atoms with Gasteiger partial charge in [0.1, 0.15) is 5.69 Å². The third-order valence-corrected chi connectivity index (χ3v) is 2.43. The van der Waals surface area contributed by atoms with Gasteiger partial charge in [-0.25, -0.2) is 14.6 Å². The first-order valence-corrected chi connectivity index (χ1v) is 5.17. The Kier molecular flexibility index (Phi) is 3.09. The second-order valence-corrected chi connectivity index (χ2v) is 3.59. The largest absolute Gasteiger partial charge is 0.477 e. The van der Waals surface area contributed by atoms with Gasteiger partial charge in [-0.3, -0.25) is 4.90 Å². The molecule has 0 unspecified atom stereocenters. The summed E-state index contributed by atoms with van der Waals surface area (Å²) in [7, 11) is 0. The lowest BCUT2D eigenvalue weighted by molar-refractivity contribution is 0.0690. The molecule has 0 spiro atoms. The zero-order chi connectivity index (χ0) is 13.1. The Labute approximate surface area is 102 Å². The molecule has 0 radical (unpaired) electrons. The molecular formula is C12H10N2O4. The van der Waals surface area contributed by atoms with Crippen LogP contribution in [0.25, 0.3) is 5.70 Å². The van der Waals surface area contributed by atoms with Crippen molar-refractivity contribution in [1.29, 1.82) is 0 Å². The number of allylic oxidation sites excluding steroid dienone is 2. The summed E-state index contributed by atoms with van der Waals surface area (Å²) in [5.41, 5.74) is 0.572. The summed E-state index contributed by atoms with van der Waals surface area (Å²) >= 11 is 0. The molecule has 1 amide bonds. The molecule has 2 rings (SSSR count). The van der Waals surface area contributed by atoms with Crippen LogP contribution in [0, 0.1) is 0 Å². The molecule has 92 valence electrons. The molecule has 0 aromatic carbocycles. The molecule has 18 heavy (non-hydrogen) atoms. The second-order valence-electron chi connectivity index (χ2n) is 3.59. The van der Waals surface area contributed by atoms with Gasteiger partial charge < -0.3 is 10.2 Å². The zero-order valence-corrected chi connectivity index (χ0v) is 9.28. The van der Waals surface area contributed by atoms with Crippen molar-refractivity contribution >= 4 is 17.8 Å². The average molecular weight is 246 g/mol. The maximum atomic E-state index is 11.1. The number of pyridine rings is 1. The summed E-state index contributed by atoms with van der Waals surface area (Å²) in [4.78, 5) is 26.9. The van der Waals surface area contributed by atoms with Crippen LogP contribution in [-0.4, -0.2) is 38.7 Å². The van der Waals surface area contributed by atoms with Crippen molar-refractivity contribution < 1.29 is 19.8 Å². The molecule has 1 aromatic heterocycles. The predicted molar refractivity (Wildman–Crippen MR) is 63.0 cm³/mol. The fourth-order valence-corrected chi connectivity index (χ4v) is 1.62. The minimum absolute atomic E-state index is 0.117. The van der Waals surface area contributed by atoms with E-state index in [4.69, 9.17) is 10.2 Å². The van der Waals surface area contributed by atoms with E-state index in [2.05, 4.69) is 4.98 Å². The van der Waals surface area contributed by atoms with E-state index in [1.165, 1.54) is 12.1 Å². The number of carbonyl (C=O) groups is 2. The lowest BCUT2D eigenvalue weighted by Gasteiger charge is -2.22. The number of rotatable bonds is 2. The highest BCUT2D eigenvalue weighted by Crippen LogP contribution is 2.20. The molecule has 2 N–H and O–H groups in total. The van der Waals surface area contributed by atoms with Crippen LogP contribution < -0.4 is 0 Å². The SMILES string of the molecule is O=C(O)c1cccc(C2=CC=CCN2C(=O)O)n1. The Bertz CT molecular complexity index is 563. The molecule has 0 fully saturated rings. The van der Waals surface area contributed by atoms with Gasteiger partial charge in [0.25, 0.3) is 0 Å². The van der Waals surface area contributed by atoms with Gasteiger partial charge in [0.05, 0.1) is 11.4 Å². The maximum absolute atomic E-state index is 11.1. The lowest BCUT2D eigenvalue weighted by Crippen LogP contribution is -2.29. The summed E-state index contributed by atoms with van der Waals surface area (Å²) < 4.78 is 0. The van der Waals surface area contributed by atoms with Gasteiger partial charge in [0.2, 0.25) is 0 Å². The van der Waals surface area contributed by atoms with Crippen molar-refractivity contribution in [2.24, 2.45) is 0 Å². The predicted octanol–water partition coefficient (Wildman–Crippen LogP) is 1.67. The fraction of sp³-hybridized carbons (Fsp3) is 0.0833. The Morgan fingerprint density at radius 1 is 1.28 bits per heavy atom. The molecule has 2 heterocycles. The number of hydrogen-bond donors (Lipinski definition) is 2. The van der Waals surface area contributed by atoms with Crippen molar-refractivity contribution in [3.63, 3.8) is 0 Å². The third-order valence-electron chi connectivity index (χ3n) is 2.43. The smallest absolute Gasteiger partial charge is 0.412 e. The monoisotopic (exact) mass is 246 g/mol. The normalized spacial score (nSPS) is 14.2. The van der Waals surface area contributed by atoms with Crippen LogP contribution in [0.5, 0.6) is 0 Å². The van der Waals surface area contributed by atoms with E-state index < -0.39 is 12.1 Å². The number of hydrogen-bond acceptors (Lipinski definition) is 3. The van der Waals surface area contributed by atoms with Gasteiger partial charge in [-0.2, -0.15) is 0 Å². The minimum Gasteiger partial charge on any atom is -0.477 e. The van der Waals surface area contributed by atoms with Crippen molar-refractivity contribution in [3.8, 4) is 0 Å². The quantitative estimate of drug-likeness (QED) is 0.828. The first-order valence-electron chi connectivity index (χ1n) is 5.17. The van der Waals surface area contributed by atoms with E-state index in [1.807, 2.05) is 0 Å². The Hall–Kier alpha value is -2.63. The Balaban J connectivity index is 2.43. The molecular weight excluding hydrogens is 236 g/mol.